The van der Waals surface area contributed by atoms with E-state index in [1.54, 1.807) is 0 Å². The minimum absolute atomic E-state index is 0.0564. The maximum Gasteiger partial charge on any atom is 0.237 e. The van der Waals surface area contributed by atoms with Crippen LogP contribution in [0.15, 0.2) is 18.3 Å². The van der Waals surface area contributed by atoms with Gasteiger partial charge in [-0.05, 0) is 50.9 Å². The van der Waals surface area contributed by atoms with E-state index in [0.717, 1.165) is 31.5 Å². The Hall–Kier alpha value is -1.42. The topological polar surface area (TPSA) is 45.2 Å². The van der Waals surface area contributed by atoms with Crippen LogP contribution in [0, 0.1) is 6.92 Å². The standard InChI is InChI=1S/C17H27N3O/c1-4-16(17(21)19-15-7-5-6-8-15)20(3)12-14-9-10-18-13(2)11-14/h9-11,15-16H,4-8,12H2,1-3H3,(H,19,21)/t16-/m0/s1. The second kappa shape index (κ2) is 7.55. The van der Waals surface area contributed by atoms with Gasteiger partial charge >= 0.3 is 0 Å². The zero-order valence-corrected chi connectivity index (χ0v) is 13.4. The Labute approximate surface area is 127 Å². The van der Waals surface area contributed by atoms with Gasteiger partial charge in [-0.3, -0.25) is 14.7 Å². The highest BCUT2D eigenvalue weighted by atomic mass is 16.2. The summed E-state index contributed by atoms with van der Waals surface area (Å²) in [5, 5.41) is 3.21. The molecule has 0 aromatic carbocycles. The van der Waals surface area contributed by atoms with Gasteiger partial charge in [0, 0.05) is 24.5 Å². The maximum absolute atomic E-state index is 12.5. The minimum Gasteiger partial charge on any atom is -0.352 e. The lowest BCUT2D eigenvalue weighted by Crippen LogP contribution is -2.47. The second-order valence-corrected chi connectivity index (χ2v) is 6.13. The minimum atomic E-state index is -0.0564. The number of hydrogen-bond acceptors (Lipinski definition) is 3. The van der Waals surface area contributed by atoms with Gasteiger partial charge in [0.25, 0.3) is 0 Å². The van der Waals surface area contributed by atoms with E-state index in [1.807, 2.05) is 26.2 Å². The molecule has 1 amide bonds. The van der Waals surface area contributed by atoms with Crippen LogP contribution in [0.25, 0.3) is 0 Å². The van der Waals surface area contributed by atoms with Crippen LogP contribution >= 0.6 is 0 Å². The number of aromatic nitrogens is 1. The zero-order valence-electron chi connectivity index (χ0n) is 13.4. The molecule has 1 atom stereocenters. The molecule has 1 aliphatic rings. The van der Waals surface area contributed by atoms with Crippen molar-refractivity contribution in [1.29, 1.82) is 0 Å². The Balaban J connectivity index is 1.93. The van der Waals surface area contributed by atoms with Crippen LogP contribution in [0.5, 0.6) is 0 Å². The van der Waals surface area contributed by atoms with E-state index in [9.17, 15) is 4.79 Å². The molecule has 1 heterocycles. The summed E-state index contributed by atoms with van der Waals surface area (Å²) < 4.78 is 0. The first kappa shape index (κ1) is 16.0. The Morgan fingerprint density at radius 2 is 2.19 bits per heavy atom. The number of amides is 1. The van der Waals surface area contributed by atoms with Gasteiger partial charge in [0.2, 0.25) is 5.91 Å². The molecule has 21 heavy (non-hydrogen) atoms. The molecule has 1 aliphatic carbocycles. The average Bonchev–Trinajstić information content (AvgIpc) is 2.92. The summed E-state index contributed by atoms with van der Waals surface area (Å²) in [5.41, 5.74) is 2.22. The smallest absolute Gasteiger partial charge is 0.237 e. The summed E-state index contributed by atoms with van der Waals surface area (Å²) in [6.07, 6.45) is 7.42. The second-order valence-electron chi connectivity index (χ2n) is 6.13. The molecule has 0 saturated heterocycles. The first-order valence-corrected chi connectivity index (χ1v) is 8.02. The van der Waals surface area contributed by atoms with Crippen molar-refractivity contribution in [3.8, 4) is 0 Å². The Bertz CT molecular complexity index is 469. The molecule has 1 saturated carbocycles. The van der Waals surface area contributed by atoms with E-state index >= 15 is 0 Å². The molecule has 116 valence electrons. The van der Waals surface area contributed by atoms with Crippen molar-refractivity contribution < 1.29 is 4.79 Å². The summed E-state index contributed by atoms with van der Waals surface area (Å²) in [7, 11) is 2.03. The number of likely N-dealkylation sites (N-methyl/N-ethyl adjacent to an activating group) is 1. The predicted molar refractivity (Wildman–Crippen MR) is 84.9 cm³/mol. The lowest BCUT2D eigenvalue weighted by atomic mass is 10.1. The van der Waals surface area contributed by atoms with Gasteiger partial charge in [0.1, 0.15) is 0 Å². The summed E-state index contributed by atoms with van der Waals surface area (Å²) in [4.78, 5) is 18.8. The van der Waals surface area contributed by atoms with E-state index < -0.39 is 0 Å². The fraction of sp³-hybridized carbons (Fsp3) is 0.647. The van der Waals surface area contributed by atoms with Crippen LogP contribution in [0.2, 0.25) is 0 Å². The van der Waals surface area contributed by atoms with Crippen molar-refractivity contribution in [2.75, 3.05) is 7.05 Å². The van der Waals surface area contributed by atoms with E-state index in [0.29, 0.717) is 6.04 Å². The molecule has 1 aromatic rings. The highest BCUT2D eigenvalue weighted by Crippen LogP contribution is 2.18. The fourth-order valence-corrected chi connectivity index (χ4v) is 3.17. The largest absolute Gasteiger partial charge is 0.352 e. The first-order valence-electron chi connectivity index (χ1n) is 8.02. The Morgan fingerprint density at radius 1 is 1.48 bits per heavy atom. The molecule has 4 heteroatoms. The van der Waals surface area contributed by atoms with E-state index in [4.69, 9.17) is 0 Å². The van der Waals surface area contributed by atoms with Crippen LogP contribution in [0.3, 0.4) is 0 Å². The van der Waals surface area contributed by atoms with Gasteiger partial charge in [-0.25, -0.2) is 0 Å². The third kappa shape index (κ3) is 4.53. The number of pyridine rings is 1. The molecule has 0 spiro atoms. The predicted octanol–water partition coefficient (Wildman–Crippen LogP) is 2.66. The SMILES string of the molecule is CC[C@@H](C(=O)NC1CCCC1)N(C)Cc1ccnc(C)c1. The summed E-state index contributed by atoms with van der Waals surface area (Å²) >= 11 is 0. The molecule has 0 bridgehead atoms. The molecular weight excluding hydrogens is 262 g/mol. The van der Waals surface area contributed by atoms with Crippen molar-refractivity contribution in [2.24, 2.45) is 0 Å². The molecule has 2 rings (SSSR count). The molecule has 1 N–H and O–H groups in total. The van der Waals surface area contributed by atoms with Crippen molar-refractivity contribution >= 4 is 5.91 Å². The van der Waals surface area contributed by atoms with Gasteiger partial charge in [-0.2, -0.15) is 0 Å². The van der Waals surface area contributed by atoms with Crippen molar-refractivity contribution in [1.82, 2.24) is 15.2 Å². The van der Waals surface area contributed by atoms with Gasteiger partial charge in [0.15, 0.2) is 0 Å². The normalized spacial score (nSPS) is 17.1. The lowest BCUT2D eigenvalue weighted by molar-refractivity contribution is -0.127. The van der Waals surface area contributed by atoms with Crippen molar-refractivity contribution in [3.63, 3.8) is 0 Å². The fourth-order valence-electron chi connectivity index (χ4n) is 3.17. The van der Waals surface area contributed by atoms with Gasteiger partial charge in [0.05, 0.1) is 6.04 Å². The van der Waals surface area contributed by atoms with Crippen LogP contribution < -0.4 is 5.32 Å². The van der Waals surface area contributed by atoms with Crippen LogP contribution in [0.4, 0.5) is 0 Å². The number of aryl methyl sites for hydroxylation is 1. The maximum atomic E-state index is 12.5. The van der Waals surface area contributed by atoms with E-state index in [-0.39, 0.29) is 11.9 Å². The third-order valence-electron chi connectivity index (χ3n) is 4.32. The third-order valence-corrected chi connectivity index (χ3v) is 4.32. The lowest BCUT2D eigenvalue weighted by Gasteiger charge is -2.27. The number of carbonyl (C=O) groups excluding carboxylic acids is 1. The molecule has 1 aromatic heterocycles. The molecule has 1 fully saturated rings. The molecule has 0 aliphatic heterocycles. The molecule has 0 radical (unpaired) electrons. The van der Waals surface area contributed by atoms with Crippen LogP contribution in [-0.2, 0) is 11.3 Å². The summed E-state index contributed by atoms with van der Waals surface area (Å²) in [5.74, 6) is 0.178. The Morgan fingerprint density at radius 3 is 2.81 bits per heavy atom. The molecule has 0 unspecified atom stereocenters. The number of rotatable bonds is 6. The van der Waals surface area contributed by atoms with Crippen molar-refractivity contribution in [2.45, 2.75) is 64.6 Å². The summed E-state index contributed by atoms with van der Waals surface area (Å²) in [6.45, 7) is 4.85. The number of hydrogen-bond donors (Lipinski definition) is 1. The van der Waals surface area contributed by atoms with E-state index in [1.165, 1.54) is 18.4 Å². The van der Waals surface area contributed by atoms with Crippen molar-refractivity contribution in [3.05, 3.63) is 29.6 Å². The number of nitrogens with zero attached hydrogens (tertiary/aromatic N) is 2. The average molecular weight is 289 g/mol. The van der Waals surface area contributed by atoms with Crippen LogP contribution in [-0.4, -0.2) is 34.9 Å². The highest BCUT2D eigenvalue weighted by Gasteiger charge is 2.25. The highest BCUT2D eigenvalue weighted by molar-refractivity contribution is 5.82. The van der Waals surface area contributed by atoms with Gasteiger partial charge in [-0.1, -0.05) is 19.8 Å². The molecular formula is C17H27N3O. The van der Waals surface area contributed by atoms with Gasteiger partial charge < -0.3 is 5.32 Å². The molecule has 4 nitrogen and oxygen atoms in total. The Kier molecular flexibility index (Phi) is 5.74. The van der Waals surface area contributed by atoms with Gasteiger partial charge in [-0.15, -0.1) is 0 Å². The van der Waals surface area contributed by atoms with Crippen LogP contribution in [0.1, 0.15) is 50.3 Å². The zero-order chi connectivity index (χ0) is 15.2. The summed E-state index contributed by atoms with van der Waals surface area (Å²) in [6, 6.07) is 4.44. The van der Waals surface area contributed by atoms with E-state index in [2.05, 4.69) is 28.2 Å². The quantitative estimate of drug-likeness (QED) is 0.875. The number of carbonyl (C=O) groups is 1. The number of nitrogens with one attached hydrogen (secondary N) is 1. The monoisotopic (exact) mass is 289 g/mol. The first-order chi connectivity index (χ1) is 10.1.